The first-order valence-electron chi connectivity index (χ1n) is 9.06. The molecule has 2 fully saturated rings. The Balaban J connectivity index is 0.00000288. The average Bonchev–Trinajstić information content (AvgIpc) is 3.17. The highest BCUT2D eigenvalue weighted by Gasteiger charge is 2.29. The van der Waals surface area contributed by atoms with Crippen LogP contribution in [0.5, 0.6) is 0 Å². The number of nitrogens with zero attached hydrogens (tertiary/aromatic N) is 2. The third kappa shape index (κ3) is 7.01. The van der Waals surface area contributed by atoms with E-state index in [1.807, 2.05) is 0 Å². The fourth-order valence-corrected chi connectivity index (χ4v) is 3.39. The van der Waals surface area contributed by atoms with Gasteiger partial charge in [0.25, 0.3) is 0 Å². The molecule has 2 unspecified atom stereocenters. The maximum Gasteiger partial charge on any atom is 0.191 e. The van der Waals surface area contributed by atoms with E-state index >= 15 is 0 Å². The summed E-state index contributed by atoms with van der Waals surface area (Å²) in [6, 6.07) is 0.576. The Morgan fingerprint density at radius 1 is 1.38 bits per heavy atom. The van der Waals surface area contributed by atoms with Gasteiger partial charge in [0.2, 0.25) is 0 Å². The van der Waals surface area contributed by atoms with Gasteiger partial charge in [0.1, 0.15) is 0 Å². The fraction of sp³-hybridized carbons (Fsp3) is 0.941. The molecule has 0 aromatic heterocycles. The molecule has 0 aliphatic carbocycles. The molecular formula is C17H35IN4O2. The van der Waals surface area contributed by atoms with E-state index in [0.29, 0.717) is 6.04 Å². The molecule has 2 heterocycles. The summed E-state index contributed by atoms with van der Waals surface area (Å²) in [4.78, 5) is 7.26. The van der Waals surface area contributed by atoms with Gasteiger partial charge in [-0.05, 0) is 46.1 Å². The minimum Gasteiger partial charge on any atom is -0.383 e. The van der Waals surface area contributed by atoms with Crippen LogP contribution in [0.1, 0.15) is 39.5 Å². The topological polar surface area (TPSA) is 58.1 Å². The van der Waals surface area contributed by atoms with Gasteiger partial charge in [0, 0.05) is 39.4 Å². The second kappa shape index (κ2) is 11.5. The van der Waals surface area contributed by atoms with E-state index in [-0.39, 0.29) is 29.6 Å². The first kappa shape index (κ1) is 21.9. The lowest BCUT2D eigenvalue weighted by molar-refractivity contribution is 0.0283. The van der Waals surface area contributed by atoms with Crippen molar-refractivity contribution in [3.63, 3.8) is 0 Å². The largest absolute Gasteiger partial charge is 0.383 e. The Morgan fingerprint density at radius 2 is 2.21 bits per heavy atom. The molecule has 7 heteroatoms. The van der Waals surface area contributed by atoms with Crippen molar-refractivity contribution >= 4 is 29.9 Å². The second-order valence-electron chi connectivity index (χ2n) is 6.80. The Bertz CT molecular complexity index is 376. The van der Waals surface area contributed by atoms with Gasteiger partial charge in [-0.1, -0.05) is 0 Å². The van der Waals surface area contributed by atoms with E-state index in [4.69, 9.17) is 14.5 Å². The van der Waals surface area contributed by atoms with Crippen LogP contribution in [-0.4, -0.2) is 75.5 Å². The summed E-state index contributed by atoms with van der Waals surface area (Å²) in [5.74, 6) is 0.905. The van der Waals surface area contributed by atoms with Gasteiger partial charge < -0.3 is 20.1 Å². The number of likely N-dealkylation sites (tertiary alicyclic amines) is 1. The molecule has 0 amide bonds. The molecule has 24 heavy (non-hydrogen) atoms. The molecule has 0 radical (unpaired) electrons. The predicted molar refractivity (Wildman–Crippen MR) is 109 cm³/mol. The number of ether oxygens (including phenoxy) is 2. The molecule has 0 aromatic carbocycles. The minimum atomic E-state index is -0.0831. The summed E-state index contributed by atoms with van der Waals surface area (Å²) in [5.41, 5.74) is -0.0831. The highest BCUT2D eigenvalue weighted by atomic mass is 127. The summed E-state index contributed by atoms with van der Waals surface area (Å²) in [5, 5.41) is 6.86. The van der Waals surface area contributed by atoms with Crippen LogP contribution in [0.2, 0.25) is 0 Å². The highest BCUT2D eigenvalue weighted by Crippen LogP contribution is 2.25. The number of methoxy groups -OCH3 is 1. The molecule has 0 spiro atoms. The summed E-state index contributed by atoms with van der Waals surface area (Å²) in [7, 11) is 1.77. The number of nitrogens with one attached hydrogen (secondary N) is 2. The molecule has 2 rings (SSSR count). The zero-order valence-corrected chi connectivity index (χ0v) is 17.8. The van der Waals surface area contributed by atoms with Crippen LogP contribution in [0.3, 0.4) is 0 Å². The van der Waals surface area contributed by atoms with E-state index in [1.165, 1.54) is 19.4 Å². The average molecular weight is 454 g/mol. The summed E-state index contributed by atoms with van der Waals surface area (Å²) in [6.07, 6.45) is 4.77. The molecule has 2 atom stereocenters. The normalized spacial score (nSPS) is 28.0. The number of hydrogen-bond donors (Lipinski definition) is 2. The number of halogens is 1. The molecule has 2 saturated heterocycles. The minimum absolute atomic E-state index is 0. The molecule has 0 bridgehead atoms. The van der Waals surface area contributed by atoms with Gasteiger partial charge >= 0.3 is 0 Å². The third-order valence-corrected chi connectivity index (χ3v) is 4.80. The van der Waals surface area contributed by atoms with E-state index in [1.54, 1.807) is 7.11 Å². The summed E-state index contributed by atoms with van der Waals surface area (Å²) >= 11 is 0. The molecular weight excluding hydrogens is 419 g/mol. The van der Waals surface area contributed by atoms with Crippen LogP contribution < -0.4 is 10.6 Å². The van der Waals surface area contributed by atoms with E-state index in [9.17, 15) is 0 Å². The van der Waals surface area contributed by atoms with Crippen LogP contribution in [-0.2, 0) is 9.47 Å². The number of aliphatic imine (C=N–C) groups is 1. The molecule has 2 N–H and O–H groups in total. The number of guanidine groups is 1. The summed E-state index contributed by atoms with van der Waals surface area (Å²) < 4.78 is 11.0. The van der Waals surface area contributed by atoms with Crippen molar-refractivity contribution in [2.75, 3.05) is 53.0 Å². The van der Waals surface area contributed by atoms with Crippen molar-refractivity contribution < 1.29 is 9.47 Å². The fourth-order valence-electron chi connectivity index (χ4n) is 3.39. The maximum atomic E-state index is 5.82. The smallest absolute Gasteiger partial charge is 0.191 e. The summed E-state index contributed by atoms with van der Waals surface area (Å²) in [6.45, 7) is 10.7. The van der Waals surface area contributed by atoms with Gasteiger partial charge in [-0.15, -0.1) is 24.0 Å². The van der Waals surface area contributed by atoms with E-state index in [2.05, 4.69) is 29.4 Å². The molecule has 0 saturated carbocycles. The van der Waals surface area contributed by atoms with Crippen molar-refractivity contribution in [1.29, 1.82) is 0 Å². The van der Waals surface area contributed by atoms with E-state index in [0.717, 1.165) is 58.2 Å². The highest BCUT2D eigenvalue weighted by molar-refractivity contribution is 14.0. The van der Waals surface area contributed by atoms with Crippen molar-refractivity contribution in [1.82, 2.24) is 15.5 Å². The quantitative estimate of drug-likeness (QED) is 0.333. The van der Waals surface area contributed by atoms with Crippen LogP contribution in [0, 0.1) is 0 Å². The molecule has 142 valence electrons. The lowest BCUT2D eigenvalue weighted by Crippen LogP contribution is -2.46. The van der Waals surface area contributed by atoms with Gasteiger partial charge in [-0.25, -0.2) is 0 Å². The van der Waals surface area contributed by atoms with Crippen molar-refractivity contribution in [3.8, 4) is 0 Å². The first-order chi connectivity index (χ1) is 11.2. The molecule has 2 aliphatic rings. The monoisotopic (exact) mass is 454 g/mol. The second-order valence-corrected chi connectivity index (χ2v) is 6.80. The third-order valence-electron chi connectivity index (χ3n) is 4.80. The molecule has 6 nitrogen and oxygen atoms in total. The van der Waals surface area contributed by atoms with Crippen LogP contribution in [0.25, 0.3) is 0 Å². The predicted octanol–water partition coefficient (Wildman–Crippen LogP) is 1.84. The SMILES string of the molecule is CCNC(=NCC1(C)CCCO1)NCC1CCCN1CCOC.I. The first-order valence-corrected chi connectivity index (χ1v) is 9.06. The van der Waals surface area contributed by atoms with E-state index < -0.39 is 0 Å². The lowest BCUT2D eigenvalue weighted by Gasteiger charge is -2.26. The number of rotatable bonds is 8. The standard InChI is InChI=1S/C17H34N4O2.HI/c1-4-18-16(20-14-17(2)8-6-11-23-17)19-13-15-7-5-9-21(15)10-12-22-3;/h15H,4-14H2,1-3H3,(H2,18,19,20);1H. The Morgan fingerprint density at radius 3 is 2.88 bits per heavy atom. The van der Waals surface area contributed by atoms with Gasteiger partial charge in [0.05, 0.1) is 18.8 Å². The van der Waals surface area contributed by atoms with Crippen molar-refractivity contribution in [3.05, 3.63) is 0 Å². The van der Waals surface area contributed by atoms with Gasteiger partial charge in [-0.2, -0.15) is 0 Å². The molecule has 2 aliphatic heterocycles. The van der Waals surface area contributed by atoms with Gasteiger partial charge in [0.15, 0.2) is 5.96 Å². The van der Waals surface area contributed by atoms with Crippen molar-refractivity contribution in [2.24, 2.45) is 4.99 Å². The number of hydrogen-bond acceptors (Lipinski definition) is 4. The van der Waals surface area contributed by atoms with Crippen molar-refractivity contribution in [2.45, 2.75) is 51.2 Å². The van der Waals surface area contributed by atoms with Crippen LogP contribution >= 0.6 is 24.0 Å². The van der Waals surface area contributed by atoms with Crippen LogP contribution in [0.15, 0.2) is 4.99 Å². The Labute approximate surface area is 164 Å². The Hall–Kier alpha value is -0.120. The zero-order valence-electron chi connectivity index (χ0n) is 15.5. The van der Waals surface area contributed by atoms with Crippen LogP contribution in [0.4, 0.5) is 0 Å². The van der Waals surface area contributed by atoms with Gasteiger partial charge in [-0.3, -0.25) is 9.89 Å². The lowest BCUT2D eigenvalue weighted by atomic mass is 10.0. The molecule has 0 aromatic rings. The maximum absolute atomic E-state index is 5.82. The zero-order chi connectivity index (χ0) is 16.5. The Kier molecular flexibility index (Phi) is 10.5.